The van der Waals surface area contributed by atoms with E-state index in [0.29, 0.717) is 12.2 Å². The molecule has 2 aromatic rings. The lowest BCUT2D eigenvalue weighted by molar-refractivity contribution is 0.156. The first kappa shape index (κ1) is 18.0. The second kappa shape index (κ2) is 7.31. The van der Waals surface area contributed by atoms with Gasteiger partial charge in [-0.05, 0) is 37.5 Å². The van der Waals surface area contributed by atoms with Gasteiger partial charge in [0.15, 0.2) is 5.96 Å². The molecule has 1 aromatic carbocycles. The maximum absolute atomic E-state index is 14.6. The molecule has 2 aliphatic rings. The number of nitrogens with one attached hydrogen (secondary N) is 1. The Hall–Kier alpha value is -2.41. The molecule has 4 rings (SSSR count). The molecule has 27 heavy (non-hydrogen) atoms. The van der Waals surface area contributed by atoms with Crippen LogP contribution in [0.25, 0.3) is 5.69 Å². The lowest BCUT2D eigenvalue weighted by Crippen LogP contribution is -2.41. The average Bonchev–Trinajstić information content (AvgIpc) is 3.39. The van der Waals surface area contributed by atoms with Crippen molar-refractivity contribution < 1.29 is 9.13 Å². The Morgan fingerprint density at radius 3 is 2.96 bits per heavy atom. The molecule has 2 saturated heterocycles. The van der Waals surface area contributed by atoms with Crippen LogP contribution in [0.1, 0.15) is 24.2 Å². The number of hydrogen-bond acceptors (Lipinski definition) is 3. The summed E-state index contributed by atoms with van der Waals surface area (Å²) >= 11 is 0. The molecule has 1 unspecified atom stereocenters. The summed E-state index contributed by atoms with van der Waals surface area (Å²) in [5.41, 5.74) is 1.68. The van der Waals surface area contributed by atoms with Crippen LogP contribution in [-0.2, 0) is 11.3 Å². The maximum atomic E-state index is 14.6. The maximum Gasteiger partial charge on any atom is 0.193 e. The Labute approximate surface area is 159 Å². The largest absolute Gasteiger partial charge is 0.381 e. The van der Waals surface area contributed by atoms with Crippen LogP contribution >= 0.6 is 0 Å². The van der Waals surface area contributed by atoms with Crippen LogP contribution in [0.5, 0.6) is 0 Å². The van der Waals surface area contributed by atoms with E-state index in [2.05, 4.69) is 20.2 Å². The molecule has 7 heteroatoms. The van der Waals surface area contributed by atoms with Gasteiger partial charge in [-0.1, -0.05) is 6.07 Å². The fourth-order valence-electron chi connectivity index (χ4n) is 4.09. The van der Waals surface area contributed by atoms with Crippen molar-refractivity contribution in [3.8, 4) is 5.69 Å². The van der Waals surface area contributed by atoms with Gasteiger partial charge < -0.3 is 19.5 Å². The number of ether oxygens (including phenoxy) is 1. The molecule has 3 heterocycles. The Bertz CT molecular complexity index is 841. The van der Waals surface area contributed by atoms with Crippen molar-refractivity contribution in [2.24, 2.45) is 10.4 Å². The van der Waals surface area contributed by atoms with Gasteiger partial charge in [0, 0.05) is 51.1 Å². The Kier molecular flexibility index (Phi) is 4.86. The lowest BCUT2D eigenvalue weighted by atomic mass is 9.87. The molecule has 1 atom stereocenters. The number of guanidine groups is 1. The van der Waals surface area contributed by atoms with E-state index < -0.39 is 0 Å². The second-order valence-corrected chi connectivity index (χ2v) is 7.51. The second-order valence-electron chi connectivity index (χ2n) is 7.51. The lowest BCUT2D eigenvalue weighted by Gasteiger charge is -2.25. The average molecular weight is 371 g/mol. The summed E-state index contributed by atoms with van der Waals surface area (Å²) in [4.78, 5) is 10.9. The van der Waals surface area contributed by atoms with Crippen molar-refractivity contribution in [1.82, 2.24) is 19.8 Å². The quantitative estimate of drug-likeness (QED) is 0.665. The molecule has 1 aromatic heterocycles. The summed E-state index contributed by atoms with van der Waals surface area (Å²) in [5.74, 6) is 1.38. The van der Waals surface area contributed by atoms with Crippen molar-refractivity contribution in [2.45, 2.75) is 26.3 Å². The number of hydrogen-bond donors (Lipinski definition) is 1. The van der Waals surface area contributed by atoms with Gasteiger partial charge in [0.2, 0.25) is 0 Å². The van der Waals surface area contributed by atoms with E-state index in [9.17, 15) is 4.39 Å². The van der Waals surface area contributed by atoms with Crippen LogP contribution in [0.4, 0.5) is 4.39 Å². The van der Waals surface area contributed by atoms with E-state index in [1.54, 1.807) is 36.1 Å². The number of rotatable bonds is 3. The standard InChI is InChI=1S/C20H26FN5O/c1-15-23-7-9-26(15)18-4-3-16(11-17(18)21)12-24-19(22-2)25-8-5-20(13-25)6-10-27-14-20/h3-4,7,9,11H,5-6,8,10,12-14H2,1-2H3,(H,22,24). The van der Waals surface area contributed by atoms with Gasteiger partial charge in [-0.15, -0.1) is 0 Å². The van der Waals surface area contributed by atoms with Gasteiger partial charge in [-0.3, -0.25) is 4.99 Å². The minimum absolute atomic E-state index is 0.256. The van der Waals surface area contributed by atoms with Crippen LogP contribution in [0.3, 0.4) is 0 Å². The highest BCUT2D eigenvalue weighted by Crippen LogP contribution is 2.38. The van der Waals surface area contributed by atoms with E-state index in [1.807, 2.05) is 13.0 Å². The number of aromatic nitrogens is 2. The zero-order valence-corrected chi connectivity index (χ0v) is 15.9. The molecule has 1 spiro atoms. The van der Waals surface area contributed by atoms with Gasteiger partial charge in [0.05, 0.1) is 12.3 Å². The fourth-order valence-corrected chi connectivity index (χ4v) is 4.09. The number of halogens is 1. The number of likely N-dealkylation sites (tertiary alicyclic amines) is 1. The molecular weight excluding hydrogens is 345 g/mol. The molecule has 0 saturated carbocycles. The molecular formula is C20H26FN5O. The molecule has 0 aliphatic carbocycles. The zero-order chi connectivity index (χ0) is 18.9. The smallest absolute Gasteiger partial charge is 0.193 e. The van der Waals surface area contributed by atoms with Crippen molar-refractivity contribution in [2.75, 3.05) is 33.4 Å². The third-order valence-electron chi connectivity index (χ3n) is 5.68. The monoisotopic (exact) mass is 371 g/mol. The third-order valence-corrected chi connectivity index (χ3v) is 5.68. The van der Waals surface area contributed by atoms with E-state index in [1.165, 1.54) is 0 Å². The molecule has 0 bridgehead atoms. The molecule has 144 valence electrons. The first-order valence-electron chi connectivity index (χ1n) is 9.42. The summed E-state index contributed by atoms with van der Waals surface area (Å²) in [5, 5.41) is 3.38. The Morgan fingerprint density at radius 2 is 2.30 bits per heavy atom. The Morgan fingerprint density at radius 1 is 1.41 bits per heavy atom. The molecule has 0 amide bonds. The van der Waals surface area contributed by atoms with E-state index in [-0.39, 0.29) is 11.2 Å². The van der Waals surface area contributed by atoms with Gasteiger partial charge in [0.25, 0.3) is 0 Å². The van der Waals surface area contributed by atoms with Gasteiger partial charge in [-0.25, -0.2) is 9.37 Å². The van der Waals surface area contributed by atoms with E-state index >= 15 is 0 Å². The summed E-state index contributed by atoms with van der Waals surface area (Å²) in [7, 11) is 1.80. The molecule has 1 N–H and O–H groups in total. The Balaban J connectivity index is 1.41. The number of benzene rings is 1. The minimum Gasteiger partial charge on any atom is -0.381 e. The molecule has 0 radical (unpaired) electrons. The highest BCUT2D eigenvalue weighted by atomic mass is 19.1. The van der Waals surface area contributed by atoms with Gasteiger partial charge >= 0.3 is 0 Å². The van der Waals surface area contributed by atoms with Crippen molar-refractivity contribution >= 4 is 5.96 Å². The van der Waals surface area contributed by atoms with Gasteiger partial charge in [-0.2, -0.15) is 0 Å². The predicted molar refractivity (Wildman–Crippen MR) is 103 cm³/mol. The highest BCUT2D eigenvalue weighted by molar-refractivity contribution is 5.80. The van der Waals surface area contributed by atoms with Gasteiger partial charge in [0.1, 0.15) is 11.6 Å². The molecule has 2 fully saturated rings. The van der Waals surface area contributed by atoms with Crippen LogP contribution in [-0.4, -0.2) is 53.8 Å². The van der Waals surface area contributed by atoms with Crippen LogP contribution in [0.2, 0.25) is 0 Å². The highest BCUT2D eigenvalue weighted by Gasteiger charge is 2.42. The predicted octanol–water partition coefficient (Wildman–Crippen LogP) is 2.51. The van der Waals surface area contributed by atoms with E-state index in [0.717, 1.165) is 56.5 Å². The number of nitrogens with zero attached hydrogens (tertiary/aromatic N) is 4. The summed E-state index contributed by atoms with van der Waals surface area (Å²) in [6.45, 7) is 6.06. The van der Waals surface area contributed by atoms with Crippen LogP contribution in [0.15, 0.2) is 35.6 Å². The summed E-state index contributed by atoms with van der Waals surface area (Å²) in [6.07, 6.45) is 5.71. The first-order chi connectivity index (χ1) is 13.1. The van der Waals surface area contributed by atoms with E-state index in [4.69, 9.17) is 4.74 Å². The number of aliphatic imine (C=N–C) groups is 1. The fraction of sp³-hybridized carbons (Fsp3) is 0.500. The van der Waals surface area contributed by atoms with Crippen molar-refractivity contribution in [3.63, 3.8) is 0 Å². The molecule has 2 aliphatic heterocycles. The third kappa shape index (κ3) is 3.56. The topological polar surface area (TPSA) is 54.7 Å². The zero-order valence-electron chi connectivity index (χ0n) is 15.9. The van der Waals surface area contributed by atoms with Crippen LogP contribution < -0.4 is 5.32 Å². The normalized spacial score (nSPS) is 22.8. The minimum atomic E-state index is -0.256. The number of aryl methyl sites for hydroxylation is 1. The summed E-state index contributed by atoms with van der Waals surface area (Å²) in [6, 6.07) is 5.31. The van der Waals surface area contributed by atoms with Crippen LogP contribution in [0, 0.1) is 18.2 Å². The molecule has 6 nitrogen and oxygen atoms in total. The first-order valence-corrected chi connectivity index (χ1v) is 9.42. The van der Waals surface area contributed by atoms with Crippen molar-refractivity contribution in [3.05, 3.63) is 47.8 Å². The summed E-state index contributed by atoms with van der Waals surface area (Å²) < 4.78 is 21.9. The number of imidazole rings is 1. The van der Waals surface area contributed by atoms with Crippen molar-refractivity contribution in [1.29, 1.82) is 0 Å². The SMILES string of the molecule is CN=C(NCc1ccc(-n2ccnc2C)c(F)c1)N1CCC2(CCOC2)C1.